The number of rotatable bonds is 4. The highest BCUT2D eigenvalue weighted by atomic mass is 35.5. The van der Waals surface area contributed by atoms with Crippen molar-refractivity contribution in [1.29, 1.82) is 0 Å². The van der Waals surface area contributed by atoms with E-state index in [2.05, 4.69) is 15.4 Å². The van der Waals surface area contributed by atoms with Crippen LogP contribution in [0.5, 0.6) is 0 Å². The predicted octanol–water partition coefficient (Wildman–Crippen LogP) is 5.60. The fourth-order valence-corrected chi connectivity index (χ4v) is 3.29. The molecule has 0 aliphatic carbocycles. The van der Waals surface area contributed by atoms with Gasteiger partial charge in [-0.1, -0.05) is 41.4 Å². The lowest BCUT2D eigenvalue weighted by Crippen LogP contribution is -2.15. The van der Waals surface area contributed by atoms with Gasteiger partial charge in [-0.15, -0.1) is 5.10 Å². The van der Waals surface area contributed by atoms with Crippen molar-refractivity contribution >= 4 is 23.2 Å². The molecule has 0 spiro atoms. The van der Waals surface area contributed by atoms with Crippen LogP contribution in [0.2, 0.25) is 5.02 Å². The second-order valence-corrected chi connectivity index (χ2v) is 7.31. The largest absolute Gasteiger partial charge is 0.318 e. The van der Waals surface area contributed by atoms with E-state index in [0.29, 0.717) is 22.1 Å². The number of amides is 1. The first kappa shape index (κ1) is 19.8. The van der Waals surface area contributed by atoms with Crippen molar-refractivity contribution in [2.24, 2.45) is 0 Å². The van der Waals surface area contributed by atoms with Gasteiger partial charge in [-0.3, -0.25) is 4.79 Å². The second-order valence-electron chi connectivity index (χ2n) is 6.90. The Labute approximate surface area is 178 Å². The van der Waals surface area contributed by atoms with Gasteiger partial charge >= 0.3 is 0 Å². The molecule has 4 aromatic rings. The van der Waals surface area contributed by atoms with Gasteiger partial charge in [-0.05, 0) is 61.9 Å². The highest BCUT2D eigenvalue weighted by Gasteiger charge is 2.20. The maximum absolute atomic E-state index is 13.4. The zero-order chi connectivity index (χ0) is 21.3. The molecule has 3 aromatic carbocycles. The molecule has 0 radical (unpaired) electrons. The van der Waals surface area contributed by atoms with E-state index in [1.165, 1.54) is 12.1 Å². The first-order valence-electron chi connectivity index (χ1n) is 9.29. The van der Waals surface area contributed by atoms with Crippen LogP contribution in [-0.2, 0) is 0 Å². The number of carbonyl (C=O) groups excluding carboxylic acids is 1. The van der Waals surface area contributed by atoms with Crippen molar-refractivity contribution in [2.45, 2.75) is 13.8 Å². The second kappa shape index (κ2) is 8.08. The van der Waals surface area contributed by atoms with Crippen LogP contribution in [0, 0.1) is 19.7 Å². The van der Waals surface area contributed by atoms with Gasteiger partial charge in [0.05, 0.1) is 16.4 Å². The zero-order valence-electron chi connectivity index (χ0n) is 16.4. The molecule has 0 aliphatic rings. The van der Waals surface area contributed by atoms with Gasteiger partial charge in [0, 0.05) is 5.56 Å². The molecule has 0 aliphatic heterocycles. The van der Waals surface area contributed by atoms with Crippen LogP contribution in [0.1, 0.15) is 21.7 Å². The van der Waals surface area contributed by atoms with Crippen molar-refractivity contribution < 1.29 is 9.18 Å². The molecule has 5 nitrogen and oxygen atoms in total. The van der Waals surface area contributed by atoms with E-state index in [1.54, 1.807) is 22.9 Å². The van der Waals surface area contributed by atoms with Crippen molar-refractivity contribution in [3.8, 4) is 17.1 Å². The minimum atomic E-state index is -0.486. The summed E-state index contributed by atoms with van der Waals surface area (Å²) in [4.78, 5) is 17.3. The Hall–Kier alpha value is -3.51. The van der Waals surface area contributed by atoms with Gasteiger partial charge in [0.15, 0.2) is 5.82 Å². The summed E-state index contributed by atoms with van der Waals surface area (Å²) in [6.45, 7) is 3.83. The zero-order valence-corrected chi connectivity index (χ0v) is 17.1. The number of hydrogen-bond acceptors (Lipinski definition) is 3. The number of nitrogens with zero attached hydrogens (tertiary/aromatic N) is 3. The summed E-state index contributed by atoms with van der Waals surface area (Å²) >= 11 is 6.22. The molecule has 1 amide bonds. The highest BCUT2D eigenvalue weighted by Crippen LogP contribution is 2.26. The summed E-state index contributed by atoms with van der Waals surface area (Å²) in [5, 5.41) is 7.64. The summed E-state index contributed by atoms with van der Waals surface area (Å²) in [5.74, 6) is -0.429. The quantitative estimate of drug-likeness (QED) is 0.467. The van der Waals surface area contributed by atoms with Gasteiger partial charge in [0.2, 0.25) is 5.82 Å². The minimum absolute atomic E-state index is 0.0192. The number of aryl methyl sites for hydroxylation is 2. The molecule has 30 heavy (non-hydrogen) atoms. The van der Waals surface area contributed by atoms with Crippen molar-refractivity contribution in [2.75, 3.05) is 5.32 Å². The standard InChI is InChI=1S/C23H18ClFN4O/c1-14-6-12-18(13-7-14)29-22(16-8-10-17(25)11-9-16)27-21(28-29)23(30)26-20-15(2)4-3-5-19(20)24/h3-13H,1-2H3,(H,26,30). The summed E-state index contributed by atoms with van der Waals surface area (Å²) in [6.07, 6.45) is 0. The van der Waals surface area contributed by atoms with Crippen LogP contribution in [0.15, 0.2) is 66.7 Å². The average Bonchev–Trinajstić information content (AvgIpc) is 3.17. The molecule has 1 aromatic heterocycles. The summed E-state index contributed by atoms with van der Waals surface area (Å²) in [5.41, 5.74) is 3.80. The molecule has 0 bridgehead atoms. The number of halogens is 2. The molecule has 1 N–H and O–H groups in total. The lowest BCUT2D eigenvalue weighted by Gasteiger charge is -2.08. The number of anilines is 1. The normalized spacial score (nSPS) is 10.8. The third-order valence-corrected chi connectivity index (χ3v) is 4.97. The monoisotopic (exact) mass is 420 g/mol. The lowest BCUT2D eigenvalue weighted by atomic mass is 10.2. The first-order chi connectivity index (χ1) is 14.4. The number of para-hydroxylation sites is 1. The molecular weight excluding hydrogens is 403 g/mol. The number of benzene rings is 3. The van der Waals surface area contributed by atoms with Crippen molar-refractivity contribution in [1.82, 2.24) is 14.8 Å². The average molecular weight is 421 g/mol. The molecule has 0 atom stereocenters. The van der Waals surface area contributed by atoms with Crippen LogP contribution in [0.3, 0.4) is 0 Å². The topological polar surface area (TPSA) is 59.8 Å². The Morgan fingerprint density at radius 2 is 1.70 bits per heavy atom. The molecule has 1 heterocycles. The Balaban J connectivity index is 1.77. The van der Waals surface area contributed by atoms with E-state index in [1.807, 2.05) is 50.2 Å². The third kappa shape index (κ3) is 3.95. The van der Waals surface area contributed by atoms with E-state index < -0.39 is 5.91 Å². The molecule has 7 heteroatoms. The molecular formula is C23H18ClFN4O. The van der Waals surface area contributed by atoms with Crippen molar-refractivity contribution in [3.63, 3.8) is 0 Å². The van der Waals surface area contributed by atoms with Crippen LogP contribution in [0.4, 0.5) is 10.1 Å². The summed E-state index contributed by atoms with van der Waals surface area (Å²) < 4.78 is 15.0. The smallest absolute Gasteiger partial charge is 0.295 e. The molecule has 0 saturated carbocycles. The first-order valence-corrected chi connectivity index (χ1v) is 9.66. The number of nitrogens with one attached hydrogen (secondary N) is 1. The summed E-state index contributed by atoms with van der Waals surface area (Å²) in [7, 11) is 0. The highest BCUT2D eigenvalue weighted by molar-refractivity contribution is 6.34. The molecule has 0 fully saturated rings. The third-order valence-electron chi connectivity index (χ3n) is 4.65. The van der Waals surface area contributed by atoms with Crippen molar-refractivity contribution in [3.05, 3.63) is 94.5 Å². The Morgan fingerprint density at radius 1 is 1.00 bits per heavy atom. The maximum Gasteiger partial charge on any atom is 0.295 e. The van der Waals surface area contributed by atoms with Gasteiger partial charge in [0.1, 0.15) is 5.82 Å². The van der Waals surface area contributed by atoms with Crippen LogP contribution >= 0.6 is 11.6 Å². The Morgan fingerprint density at radius 3 is 2.37 bits per heavy atom. The van der Waals surface area contributed by atoms with Gasteiger partial charge in [-0.25, -0.2) is 14.1 Å². The van der Waals surface area contributed by atoms with Crippen LogP contribution in [0.25, 0.3) is 17.1 Å². The molecule has 4 rings (SSSR count). The van der Waals surface area contributed by atoms with Gasteiger partial charge in [0.25, 0.3) is 5.91 Å². The number of carbonyl (C=O) groups is 1. The minimum Gasteiger partial charge on any atom is -0.318 e. The number of hydrogen-bond donors (Lipinski definition) is 1. The Bertz CT molecular complexity index is 1130. The van der Waals surface area contributed by atoms with E-state index in [-0.39, 0.29) is 11.6 Å². The predicted molar refractivity (Wildman–Crippen MR) is 116 cm³/mol. The summed E-state index contributed by atoms with van der Waals surface area (Å²) in [6, 6.07) is 18.9. The lowest BCUT2D eigenvalue weighted by molar-refractivity contribution is 0.101. The van der Waals surface area contributed by atoms with Crippen LogP contribution < -0.4 is 5.32 Å². The Kier molecular flexibility index (Phi) is 5.33. The maximum atomic E-state index is 13.4. The van der Waals surface area contributed by atoms with E-state index >= 15 is 0 Å². The molecule has 0 saturated heterocycles. The fourth-order valence-electron chi connectivity index (χ4n) is 3.02. The van der Waals surface area contributed by atoms with Crippen LogP contribution in [-0.4, -0.2) is 20.7 Å². The van der Waals surface area contributed by atoms with E-state index in [0.717, 1.165) is 16.8 Å². The molecule has 0 unspecified atom stereocenters. The van der Waals surface area contributed by atoms with Gasteiger partial charge < -0.3 is 5.32 Å². The SMILES string of the molecule is Cc1ccc(-n2nc(C(=O)Nc3c(C)cccc3Cl)nc2-c2ccc(F)cc2)cc1. The molecule has 150 valence electrons. The number of aromatic nitrogens is 3. The van der Waals surface area contributed by atoms with E-state index in [4.69, 9.17) is 11.6 Å². The van der Waals surface area contributed by atoms with Gasteiger partial charge in [-0.2, -0.15) is 0 Å². The fraction of sp³-hybridized carbons (Fsp3) is 0.0870. The van der Waals surface area contributed by atoms with E-state index in [9.17, 15) is 9.18 Å².